The molecule has 1 aromatic carbocycles. The number of halogens is 1. The van der Waals surface area contributed by atoms with E-state index in [2.05, 4.69) is 34.0 Å². The fourth-order valence-electron chi connectivity index (χ4n) is 2.17. The van der Waals surface area contributed by atoms with E-state index in [4.69, 9.17) is 9.47 Å². The molecule has 0 saturated carbocycles. The van der Waals surface area contributed by atoms with E-state index in [-0.39, 0.29) is 18.9 Å². The van der Waals surface area contributed by atoms with Crippen LogP contribution in [0.15, 0.2) is 35.4 Å². The number of benzene rings is 1. The summed E-state index contributed by atoms with van der Waals surface area (Å²) in [6, 6.07) is 3.21. The topological polar surface area (TPSA) is 84.9 Å². The molecule has 0 heterocycles. The molecule has 0 aliphatic heterocycles. The van der Waals surface area contributed by atoms with Gasteiger partial charge in [-0.2, -0.15) is 0 Å². The second-order valence-corrected chi connectivity index (χ2v) is 7.47. The van der Waals surface area contributed by atoms with Gasteiger partial charge in [-0.15, -0.1) is 0 Å². The van der Waals surface area contributed by atoms with E-state index in [9.17, 15) is 14.7 Å². The molecule has 0 aliphatic carbocycles. The summed E-state index contributed by atoms with van der Waals surface area (Å²) in [6.07, 6.45) is 5.16. The van der Waals surface area contributed by atoms with E-state index in [1.54, 1.807) is 12.1 Å². The number of carbonyl (C=O) groups is 2. The SMILES string of the molecule is COc1cc(CNC(=O)COC(=O)/C=C(\C)CCC=C(C)C)c(I)cc1O. The zero-order valence-electron chi connectivity index (χ0n) is 16.1. The Hall–Kier alpha value is -2.03. The summed E-state index contributed by atoms with van der Waals surface area (Å²) in [6.45, 7) is 5.81. The molecule has 0 saturated heterocycles. The highest BCUT2D eigenvalue weighted by Gasteiger charge is 2.10. The molecule has 0 spiro atoms. The van der Waals surface area contributed by atoms with Gasteiger partial charge in [-0.05, 0) is 73.9 Å². The van der Waals surface area contributed by atoms with Crippen molar-refractivity contribution in [2.75, 3.05) is 13.7 Å². The number of aromatic hydroxyl groups is 1. The molecule has 0 bridgehead atoms. The van der Waals surface area contributed by atoms with Gasteiger partial charge in [0.25, 0.3) is 5.91 Å². The second kappa shape index (κ2) is 11.6. The lowest BCUT2D eigenvalue weighted by atomic mass is 10.1. The number of ether oxygens (including phenoxy) is 2. The number of phenolic OH excluding ortho intramolecular Hbond substituents is 1. The summed E-state index contributed by atoms with van der Waals surface area (Å²) < 4.78 is 10.8. The summed E-state index contributed by atoms with van der Waals surface area (Å²) >= 11 is 2.06. The number of amides is 1. The van der Waals surface area contributed by atoms with Crippen molar-refractivity contribution in [2.45, 2.75) is 40.2 Å². The second-order valence-electron chi connectivity index (χ2n) is 6.31. The Labute approximate surface area is 173 Å². The molecular formula is C20H26INO5. The molecule has 2 N–H and O–H groups in total. The van der Waals surface area contributed by atoms with Crippen LogP contribution in [0.1, 0.15) is 39.2 Å². The van der Waals surface area contributed by atoms with Gasteiger partial charge in [0.1, 0.15) is 0 Å². The normalized spacial score (nSPS) is 10.9. The highest BCUT2D eigenvalue weighted by atomic mass is 127. The van der Waals surface area contributed by atoms with Gasteiger partial charge in [0.05, 0.1) is 7.11 Å². The number of nitrogens with one attached hydrogen (secondary N) is 1. The van der Waals surface area contributed by atoms with Crippen LogP contribution >= 0.6 is 22.6 Å². The van der Waals surface area contributed by atoms with Gasteiger partial charge >= 0.3 is 5.97 Å². The Kier molecular flexibility index (Phi) is 9.92. The summed E-state index contributed by atoms with van der Waals surface area (Å²) in [5.74, 6) is -0.556. The van der Waals surface area contributed by atoms with Crippen molar-refractivity contribution in [2.24, 2.45) is 0 Å². The molecular weight excluding hydrogens is 461 g/mol. The summed E-state index contributed by atoms with van der Waals surface area (Å²) in [7, 11) is 1.46. The molecule has 0 aliphatic rings. The molecule has 1 aromatic rings. The third kappa shape index (κ3) is 8.94. The van der Waals surface area contributed by atoms with Crippen LogP contribution in [0.2, 0.25) is 0 Å². The van der Waals surface area contributed by atoms with E-state index in [1.165, 1.54) is 18.8 Å². The van der Waals surface area contributed by atoms with Crippen LogP contribution in [0.5, 0.6) is 11.5 Å². The molecule has 1 rings (SSSR count). The largest absolute Gasteiger partial charge is 0.504 e. The molecule has 0 atom stereocenters. The van der Waals surface area contributed by atoms with Crippen molar-refractivity contribution < 1.29 is 24.2 Å². The first kappa shape index (κ1) is 23.0. The van der Waals surface area contributed by atoms with E-state index in [0.717, 1.165) is 27.5 Å². The molecule has 7 heteroatoms. The number of hydrogen-bond donors (Lipinski definition) is 2. The third-order valence-corrected chi connectivity index (χ3v) is 4.63. The Bertz CT molecular complexity index is 736. The van der Waals surface area contributed by atoms with Crippen molar-refractivity contribution in [3.63, 3.8) is 0 Å². The highest BCUT2D eigenvalue weighted by molar-refractivity contribution is 14.1. The zero-order chi connectivity index (χ0) is 20.4. The maximum Gasteiger partial charge on any atom is 0.331 e. The van der Waals surface area contributed by atoms with Crippen LogP contribution in [0.25, 0.3) is 0 Å². The lowest BCUT2D eigenvalue weighted by Crippen LogP contribution is -2.28. The van der Waals surface area contributed by atoms with Crippen molar-refractivity contribution in [1.82, 2.24) is 5.32 Å². The predicted molar refractivity (Wildman–Crippen MR) is 113 cm³/mol. The molecule has 27 heavy (non-hydrogen) atoms. The van der Waals surface area contributed by atoms with Gasteiger partial charge in [-0.3, -0.25) is 4.79 Å². The van der Waals surface area contributed by atoms with E-state index in [0.29, 0.717) is 5.75 Å². The average molecular weight is 487 g/mol. The highest BCUT2D eigenvalue weighted by Crippen LogP contribution is 2.30. The van der Waals surface area contributed by atoms with E-state index in [1.807, 2.05) is 20.8 Å². The zero-order valence-corrected chi connectivity index (χ0v) is 18.3. The van der Waals surface area contributed by atoms with E-state index < -0.39 is 11.9 Å². The lowest BCUT2D eigenvalue weighted by molar-refractivity contribution is -0.143. The van der Waals surface area contributed by atoms with Gasteiger partial charge in [-0.1, -0.05) is 17.2 Å². The minimum atomic E-state index is -0.527. The molecule has 0 unspecified atom stereocenters. The van der Waals surface area contributed by atoms with Crippen molar-refractivity contribution in [3.05, 3.63) is 44.6 Å². The quantitative estimate of drug-likeness (QED) is 0.239. The van der Waals surface area contributed by atoms with Gasteiger partial charge in [0.2, 0.25) is 0 Å². The standard InChI is InChI=1S/C20H26INO5/c1-13(2)6-5-7-14(3)8-20(25)27-12-19(24)22-11-15-9-18(26-4)17(23)10-16(15)21/h6,8-10,23H,5,7,11-12H2,1-4H3,(H,22,24)/b14-8+. The first-order chi connectivity index (χ1) is 12.7. The molecule has 148 valence electrons. The van der Waals surface area contributed by atoms with Gasteiger partial charge in [0, 0.05) is 16.2 Å². The van der Waals surface area contributed by atoms with Gasteiger partial charge < -0.3 is 19.9 Å². The minimum Gasteiger partial charge on any atom is -0.504 e. The van der Waals surface area contributed by atoms with Crippen LogP contribution in [0.3, 0.4) is 0 Å². The predicted octanol–water partition coefficient (Wildman–Crippen LogP) is 3.86. The Morgan fingerprint density at radius 1 is 1.26 bits per heavy atom. The van der Waals surface area contributed by atoms with Crippen molar-refractivity contribution in [3.8, 4) is 11.5 Å². The van der Waals surface area contributed by atoms with E-state index >= 15 is 0 Å². The lowest BCUT2D eigenvalue weighted by Gasteiger charge is -2.10. The number of methoxy groups -OCH3 is 1. The van der Waals surface area contributed by atoms with Crippen LogP contribution < -0.4 is 10.1 Å². The van der Waals surface area contributed by atoms with Crippen LogP contribution in [0.4, 0.5) is 0 Å². The summed E-state index contributed by atoms with van der Waals surface area (Å²) in [5.41, 5.74) is 2.94. The summed E-state index contributed by atoms with van der Waals surface area (Å²) in [4.78, 5) is 23.7. The number of hydrogen-bond acceptors (Lipinski definition) is 5. The van der Waals surface area contributed by atoms with Gasteiger partial charge in [0.15, 0.2) is 18.1 Å². The Morgan fingerprint density at radius 2 is 1.96 bits per heavy atom. The fourth-order valence-corrected chi connectivity index (χ4v) is 2.81. The monoisotopic (exact) mass is 487 g/mol. The van der Waals surface area contributed by atoms with Crippen LogP contribution in [-0.2, 0) is 20.9 Å². The van der Waals surface area contributed by atoms with Crippen LogP contribution in [-0.4, -0.2) is 30.7 Å². The first-order valence-corrected chi connectivity index (χ1v) is 9.60. The third-order valence-electron chi connectivity index (χ3n) is 3.62. The Balaban J connectivity index is 2.45. The smallest absolute Gasteiger partial charge is 0.331 e. The molecule has 0 fully saturated rings. The summed E-state index contributed by atoms with van der Waals surface area (Å²) in [5, 5.41) is 12.4. The number of carbonyl (C=O) groups excluding carboxylic acids is 2. The number of rotatable bonds is 9. The molecule has 6 nitrogen and oxygen atoms in total. The fraction of sp³-hybridized carbons (Fsp3) is 0.400. The number of allylic oxidation sites excluding steroid dienone is 3. The molecule has 1 amide bonds. The number of esters is 1. The molecule has 0 aromatic heterocycles. The maximum absolute atomic E-state index is 11.9. The van der Waals surface area contributed by atoms with Gasteiger partial charge in [-0.25, -0.2) is 4.79 Å². The van der Waals surface area contributed by atoms with Crippen molar-refractivity contribution >= 4 is 34.5 Å². The maximum atomic E-state index is 11.9. The van der Waals surface area contributed by atoms with Crippen molar-refractivity contribution in [1.29, 1.82) is 0 Å². The molecule has 0 radical (unpaired) electrons. The average Bonchev–Trinajstić information content (AvgIpc) is 2.58. The number of phenols is 1. The first-order valence-electron chi connectivity index (χ1n) is 8.52. The Morgan fingerprint density at radius 3 is 2.59 bits per heavy atom. The minimum absolute atomic E-state index is 0.0395. The van der Waals surface area contributed by atoms with Crippen LogP contribution in [0, 0.1) is 3.57 Å².